The molecular formula is C15H27N5O4. The van der Waals surface area contributed by atoms with E-state index >= 15 is 0 Å². The number of hydrogen-bond donors (Lipinski definition) is 3. The third-order valence-corrected chi connectivity index (χ3v) is 3.86. The van der Waals surface area contributed by atoms with Crippen molar-refractivity contribution in [1.82, 2.24) is 15.0 Å². The Kier molecular flexibility index (Phi) is 8.77. The van der Waals surface area contributed by atoms with Crippen LogP contribution in [0.1, 0.15) is 44.9 Å². The van der Waals surface area contributed by atoms with Crippen molar-refractivity contribution in [2.75, 3.05) is 31.5 Å². The van der Waals surface area contributed by atoms with Crippen LogP contribution in [0.2, 0.25) is 0 Å². The van der Waals surface area contributed by atoms with Crippen molar-refractivity contribution in [1.29, 1.82) is 0 Å². The van der Waals surface area contributed by atoms with E-state index in [1.807, 2.05) is 13.8 Å². The van der Waals surface area contributed by atoms with E-state index in [0.29, 0.717) is 11.8 Å². The Morgan fingerprint density at radius 3 is 2.62 bits per heavy atom. The molecule has 2 rings (SSSR count). The summed E-state index contributed by atoms with van der Waals surface area (Å²) in [4.78, 5) is 26.1. The molecule has 9 heteroatoms. The Bertz CT molecular complexity index is 498. The highest BCUT2D eigenvalue weighted by Gasteiger charge is 2.22. The summed E-state index contributed by atoms with van der Waals surface area (Å²) in [7, 11) is 0. The zero-order chi connectivity index (χ0) is 17.9. The zero-order valence-electron chi connectivity index (χ0n) is 14.3. The second kappa shape index (κ2) is 10.6. The van der Waals surface area contributed by atoms with E-state index in [0.717, 1.165) is 45.4 Å². The topological polar surface area (TPSA) is 135 Å². The molecule has 136 valence electrons. The minimum Gasteiger partial charge on any atom is -0.483 e. The summed E-state index contributed by atoms with van der Waals surface area (Å²) in [6.07, 6.45) is 2.77. The SMILES string of the molecule is CC(C)c1nc(NCCCN2CCC(C(N)=O)CC2)no1.O=CO. The lowest BCUT2D eigenvalue weighted by atomic mass is 9.96. The van der Waals surface area contributed by atoms with Crippen LogP contribution in [0.3, 0.4) is 0 Å². The normalized spacial score (nSPS) is 15.6. The van der Waals surface area contributed by atoms with E-state index in [1.165, 1.54) is 0 Å². The Morgan fingerprint density at radius 2 is 2.12 bits per heavy atom. The summed E-state index contributed by atoms with van der Waals surface area (Å²) in [6, 6.07) is 0. The summed E-state index contributed by atoms with van der Waals surface area (Å²) < 4.78 is 5.13. The van der Waals surface area contributed by atoms with Crippen molar-refractivity contribution in [3.63, 3.8) is 0 Å². The number of primary amides is 1. The number of likely N-dealkylation sites (tertiary alicyclic amines) is 1. The van der Waals surface area contributed by atoms with Crippen LogP contribution in [0.5, 0.6) is 0 Å². The van der Waals surface area contributed by atoms with Crippen molar-refractivity contribution < 1.29 is 19.2 Å². The van der Waals surface area contributed by atoms with Gasteiger partial charge in [0.05, 0.1) is 0 Å². The number of nitrogens with zero attached hydrogens (tertiary/aromatic N) is 3. The molecule has 0 spiro atoms. The van der Waals surface area contributed by atoms with Crippen LogP contribution in [-0.4, -0.2) is 58.7 Å². The molecular weight excluding hydrogens is 314 g/mol. The maximum atomic E-state index is 11.1. The molecule has 0 unspecified atom stereocenters. The lowest BCUT2D eigenvalue weighted by Gasteiger charge is -2.30. The van der Waals surface area contributed by atoms with Crippen molar-refractivity contribution in [2.24, 2.45) is 11.7 Å². The van der Waals surface area contributed by atoms with Crippen molar-refractivity contribution in [2.45, 2.75) is 39.0 Å². The summed E-state index contributed by atoms with van der Waals surface area (Å²) in [5.41, 5.74) is 5.33. The number of aromatic nitrogens is 2. The predicted molar refractivity (Wildman–Crippen MR) is 88.5 cm³/mol. The van der Waals surface area contributed by atoms with E-state index in [1.54, 1.807) is 0 Å². The molecule has 9 nitrogen and oxygen atoms in total. The molecule has 0 aliphatic carbocycles. The molecule has 1 aromatic rings. The van der Waals surface area contributed by atoms with Gasteiger partial charge in [0, 0.05) is 18.4 Å². The number of carbonyl (C=O) groups is 2. The van der Waals surface area contributed by atoms with Gasteiger partial charge in [-0.05, 0) is 44.1 Å². The van der Waals surface area contributed by atoms with E-state index in [-0.39, 0.29) is 24.2 Å². The van der Waals surface area contributed by atoms with Crippen LogP contribution in [0, 0.1) is 5.92 Å². The molecule has 1 fully saturated rings. The maximum Gasteiger partial charge on any atom is 0.290 e. The third kappa shape index (κ3) is 6.95. The molecule has 1 amide bonds. The smallest absolute Gasteiger partial charge is 0.290 e. The number of hydrogen-bond acceptors (Lipinski definition) is 7. The number of carboxylic acid groups (broad SMARTS) is 1. The first-order valence-electron chi connectivity index (χ1n) is 8.15. The molecule has 1 aliphatic rings. The van der Waals surface area contributed by atoms with Gasteiger partial charge in [0.15, 0.2) is 0 Å². The molecule has 0 radical (unpaired) electrons. The van der Waals surface area contributed by atoms with Gasteiger partial charge in [-0.15, -0.1) is 0 Å². The van der Waals surface area contributed by atoms with E-state index in [2.05, 4.69) is 20.4 Å². The summed E-state index contributed by atoms with van der Waals surface area (Å²) in [6.45, 7) is 7.51. The third-order valence-electron chi connectivity index (χ3n) is 3.86. The second-order valence-corrected chi connectivity index (χ2v) is 6.01. The van der Waals surface area contributed by atoms with Crippen LogP contribution in [0.15, 0.2) is 4.52 Å². The zero-order valence-corrected chi connectivity index (χ0v) is 14.3. The van der Waals surface area contributed by atoms with Gasteiger partial charge in [-0.25, -0.2) is 0 Å². The molecule has 4 N–H and O–H groups in total. The number of rotatable bonds is 7. The standard InChI is InChI=1S/C14H25N5O2.CH2O2/c1-10(2)13-17-14(18-21-13)16-6-3-7-19-8-4-11(5-9-19)12(15)20;2-1-3/h10-11H,3-9H2,1-2H3,(H2,15,20)(H,16,18);1H,(H,2,3). The van der Waals surface area contributed by atoms with E-state index in [4.69, 9.17) is 20.2 Å². The fourth-order valence-corrected chi connectivity index (χ4v) is 2.49. The van der Waals surface area contributed by atoms with Gasteiger partial charge < -0.3 is 25.6 Å². The lowest BCUT2D eigenvalue weighted by Crippen LogP contribution is -2.39. The van der Waals surface area contributed by atoms with Gasteiger partial charge in [-0.1, -0.05) is 13.8 Å². The summed E-state index contributed by atoms with van der Waals surface area (Å²) in [5.74, 6) is 1.37. The average molecular weight is 341 g/mol. The largest absolute Gasteiger partial charge is 0.483 e. The first-order chi connectivity index (χ1) is 11.5. The first kappa shape index (κ1) is 19.9. The van der Waals surface area contributed by atoms with Gasteiger partial charge in [-0.2, -0.15) is 4.98 Å². The van der Waals surface area contributed by atoms with Crippen molar-refractivity contribution >= 4 is 18.3 Å². The molecule has 0 bridgehead atoms. The minimum atomic E-state index is -0.250. The van der Waals surface area contributed by atoms with Crippen LogP contribution < -0.4 is 11.1 Å². The molecule has 1 aromatic heterocycles. The quantitative estimate of drug-likeness (QED) is 0.491. The molecule has 1 aliphatic heterocycles. The number of nitrogens with two attached hydrogens (primary N) is 1. The Hall–Kier alpha value is -2.16. The molecule has 0 aromatic carbocycles. The Labute approximate surface area is 141 Å². The van der Waals surface area contributed by atoms with Crippen LogP contribution in [0.4, 0.5) is 5.95 Å². The molecule has 1 saturated heterocycles. The van der Waals surface area contributed by atoms with Crippen LogP contribution >= 0.6 is 0 Å². The Balaban J connectivity index is 0.000000891. The van der Waals surface area contributed by atoms with Crippen LogP contribution in [0.25, 0.3) is 0 Å². The number of anilines is 1. The van der Waals surface area contributed by atoms with Crippen molar-refractivity contribution in [3.8, 4) is 0 Å². The number of nitrogens with one attached hydrogen (secondary N) is 1. The highest BCUT2D eigenvalue weighted by atomic mass is 16.5. The van der Waals surface area contributed by atoms with Gasteiger partial charge in [0.1, 0.15) is 0 Å². The number of amides is 1. The summed E-state index contributed by atoms with van der Waals surface area (Å²) in [5, 5.41) is 13.9. The minimum absolute atomic E-state index is 0.0631. The second-order valence-electron chi connectivity index (χ2n) is 6.01. The van der Waals surface area contributed by atoms with Gasteiger partial charge in [0.25, 0.3) is 12.4 Å². The molecule has 0 saturated carbocycles. The average Bonchev–Trinajstić information content (AvgIpc) is 3.02. The van der Waals surface area contributed by atoms with Gasteiger partial charge in [-0.3, -0.25) is 9.59 Å². The fraction of sp³-hybridized carbons (Fsp3) is 0.733. The highest BCUT2D eigenvalue weighted by molar-refractivity contribution is 5.76. The monoisotopic (exact) mass is 341 g/mol. The maximum absolute atomic E-state index is 11.1. The van der Waals surface area contributed by atoms with Crippen LogP contribution in [-0.2, 0) is 9.59 Å². The van der Waals surface area contributed by atoms with Gasteiger partial charge in [0.2, 0.25) is 11.8 Å². The summed E-state index contributed by atoms with van der Waals surface area (Å²) >= 11 is 0. The number of carbonyl (C=O) groups excluding carboxylic acids is 1. The molecule has 2 heterocycles. The van der Waals surface area contributed by atoms with E-state index in [9.17, 15) is 4.79 Å². The first-order valence-corrected chi connectivity index (χ1v) is 8.15. The molecule has 0 atom stereocenters. The van der Waals surface area contributed by atoms with Crippen molar-refractivity contribution in [3.05, 3.63) is 5.89 Å². The number of piperidine rings is 1. The predicted octanol–water partition coefficient (Wildman–Crippen LogP) is 0.893. The fourth-order valence-electron chi connectivity index (χ4n) is 2.49. The van der Waals surface area contributed by atoms with Gasteiger partial charge >= 0.3 is 0 Å². The lowest BCUT2D eigenvalue weighted by molar-refractivity contribution is -0.123. The Morgan fingerprint density at radius 1 is 1.50 bits per heavy atom. The van der Waals surface area contributed by atoms with E-state index < -0.39 is 0 Å². The molecule has 24 heavy (non-hydrogen) atoms. The highest BCUT2D eigenvalue weighted by Crippen LogP contribution is 2.17.